The van der Waals surface area contributed by atoms with Gasteiger partial charge in [-0.1, -0.05) is 30.3 Å². The van der Waals surface area contributed by atoms with Crippen LogP contribution in [0.1, 0.15) is 11.6 Å². The van der Waals surface area contributed by atoms with E-state index in [4.69, 9.17) is 4.74 Å². The summed E-state index contributed by atoms with van der Waals surface area (Å²) in [6, 6.07) is 15.4. The van der Waals surface area contributed by atoms with Gasteiger partial charge in [-0.25, -0.2) is 4.39 Å². The summed E-state index contributed by atoms with van der Waals surface area (Å²) in [5.74, 6) is -0.0691. The molecule has 0 radical (unpaired) electrons. The first-order valence-corrected chi connectivity index (χ1v) is 7.56. The van der Waals surface area contributed by atoms with Crippen LogP contribution >= 0.6 is 0 Å². The van der Waals surface area contributed by atoms with Crippen molar-refractivity contribution in [2.45, 2.75) is 6.04 Å². The summed E-state index contributed by atoms with van der Waals surface area (Å²) in [5, 5.41) is 2.99. The van der Waals surface area contributed by atoms with E-state index in [1.54, 1.807) is 0 Å². The van der Waals surface area contributed by atoms with E-state index < -0.39 is 0 Å². The fourth-order valence-corrected chi connectivity index (χ4v) is 2.26. The summed E-state index contributed by atoms with van der Waals surface area (Å²) in [6.45, 7) is 0.671. The number of halogens is 1. The molecule has 0 spiro atoms. The summed E-state index contributed by atoms with van der Waals surface area (Å²) in [7, 11) is 4.08. The number of likely N-dealkylation sites (N-methyl/N-ethyl adjacent to an activating group) is 1. The molecule has 4 nitrogen and oxygen atoms in total. The van der Waals surface area contributed by atoms with Crippen LogP contribution in [0.5, 0.6) is 5.75 Å². The maximum Gasteiger partial charge on any atom is 0.258 e. The lowest BCUT2D eigenvalue weighted by molar-refractivity contribution is -0.860. The molecule has 0 aromatic heterocycles. The fourth-order valence-electron chi connectivity index (χ4n) is 2.26. The molecule has 0 aliphatic rings. The number of nitrogens with one attached hydrogen (secondary N) is 2. The predicted molar refractivity (Wildman–Crippen MR) is 86.9 cm³/mol. The first-order chi connectivity index (χ1) is 11.0. The van der Waals surface area contributed by atoms with Crippen LogP contribution in [0.2, 0.25) is 0 Å². The smallest absolute Gasteiger partial charge is 0.258 e. The van der Waals surface area contributed by atoms with E-state index in [0.29, 0.717) is 5.75 Å². The van der Waals surface area contributed by atoms with Crippen molar-refractivity contribution >= 4 is 5.91 Å². The molecule has 2 aromatic carbocycles. The van der Waals surface area contributed by atoms with Crippen LogP contribution in [0.3, 0.4) is 0 Å². The molecule has 0 aliphatic carbocycles. The van der Waals surface area contributed by atoms with Gasteiger partial charge in [-0.3, -0.25) is 4.79 Å². The van der Waals surface area contributed by atoms with Gasteiger partial charge in [0.1, 0.15) is 24.2 Å². The van der Waals surface area contributed by atoms with Gasteiger partial charge < -0.3 is 15.0 Å². The van der Waals surface area contributed by atoms with E-state index >= 15 is 0 Å². The second-order valence-corrected chi connectivity index (χ2v) is 5.68. The van der Waals surface area contributed by atoms with E-state index in [9.17, 15) is 9.18 Å². The normalized spacial score (nSPS) is 12.0. The lowest BCUT2D eigenvalue weighted by atomic mass is 10.1. The van der Waals surface area contributed by atoms with Gasteiger partial charge in [0.15, 0.2) is 6.61 Å². The van der Waals surface area contributed by atoms with Crippen LogP contribution < -0.4 is 15.0 Å². The molecule has 0 heterocycles. The Bertz CT molecular complexity index is 615. The van der Waals surface area contributed by atoms with Gasteiger partial charge >= 0.3 is 0 Å². The molecule has 2 N–H and O–H groups in total. The highest BCUT2D eigenvalue weighted by Crippen LogP contribution is 2.12. The van der Waals surface area contributed by atoms with E-state index in [-0.39, 0.29) is 24.4 Å². The van der Waals surface area contributed by atoms with E-state index in [2.05, 4.69) is 5.32 Å². The molecule has 0 unspecified atom stereocenters. The van der Waals surface area contributed by atoms with Crippen molar-refractivity contribution in [2.75, 3.05) is 27.2 Å². The van der Waals surface area contributed by atoms with Gasteiger partial charge in [0.25, 0.3) is 5.91 Å². The van der Waals surface area contributed by atoms with Gasteiger partial charge in [0, 0.05) is 0 Å². The minimum Gasteiger partial charge on any atom is -0.484 e. The molecule has 0 fully saturated rings. The van der Waals surface area contributed by atoms with Crippen molar-refractivity contribution in [1.82, 2.24) is 5.32 Å². The Labute approximate surface area is 135 Å². The minimum atomic E-state index is -0.333. The Morgan fingerprint density at radius 3 is 2.39 bits per heavy atom. The molecule has 23 heavy (non-hydrogen) atoms. The molecule has 1 atom stereocenters. The van der Waals surface area contributed by atoms with E-state index in [0.717, 1.165) is 12.1 Å². The van der Waals surface area contributed by atoms with Crippen molar-refractivity contribution in [3.63, 3.8) is 0 Å². The van der Waals surface area contributed by atoms with Crippen LogP contribution in [0.25, 0.3) is 0 Å². The summed E-state index contributed by atoms with van der Waals surface area (Å²) in [4.78, 5) is 13.4. The molecule has 0 saturated heterocycles. The zero-order valence-electron chi connectivity index (χ0n) is 13.4. The number of carbonyl (C=O) groups excluding carboxylic acids is 1. The van der Waals surface area contributed by atoms with E-state index in [1.165, 1.54) is 29.2 Å². The van der Waals surface area contributed by atoms with Crippen molar-refractivity contribution in [3.05, 3.63) is 66.0 Å². The van der Waals surface area contributed by atoms with Gasteiger partial charge in [-0.05, 0) is 29.8 Å². The molecular formula is C18H22FN2O2+. The van der Waals surface area contributed by atoms with Crippen LogP contribution in [-0.2, 0) is 4.79 Å². The Hall–Kier alpha value is -2.40. The average Bonchev–Trinajstić information content (AvgIpc) is 2.54. The van der Waals surface area contributed by atoms with Crippen molar-refractivity contribution in [2.24, 2.45) is 0 Å². The monoisotopic (exact) mass is 317 g/mol. The zero-order chi connectivity index (χ0) is 16.7. The van der Waals surface area contributed by atoms with Crippen LogP contribution in [-0.4, -0.2) is 33.2 Å². The number of ether oxygens (including phenoxy) is 1. The third-order valence-electron chi connectivity index (χ3n) is 3.33. The van der Waals surface area contributed by atoms with Gasteiger partial charge in [0.2, 0.25) is 0 Å². The molecule has 0 aliphatic heterocycles. The summed E-state index contributed by atoms with van der Waals surface area (Å²) in [6.07, 6.45) is 0. The molecule has 2 rings (SSSR count). The number of quaternary nitrogens is 1. The maximum atomic E-state index is 12.8. The van der Waals surface area contributed by atoms with Crippen molar-refractivity contribution < 1.29 is 18.8 Å². The number of rotatable bonds is 7. The number of hydrogen-bond acceptors (Lipinski definition) is 2. The molecule has 0 saturated carbocycles. The van der Waals surface area contributed by atoms with Gasteiger partial charge in [-0.15, -0.1) is 0 Å². The van der Waals surface area contributed by atoms with Crippen LogP contribution in [0.15, 0.2) is 54.6 Å². The lowest BCUT2D eigenvalue weighted by Crippen LogP contribution is -3.06. The zero-order valence-corrected chi connectivity index (χ0v) is 13.4. The Balaban J connectivity index is 1.93. The summed E-state index contributed by atoms with van der Waals surface area (Å²) in [5.41, 5.74) is 1.06. The SMILES string of the molecule is C[NH+](C)C[C@H](NC(=O)COc1ccc(F)cc1)c1ccccc1. The Morgan fingerprint density at radius 1 is 1.13 bits per heavy atom. The quantitative estimate of drug-likeness (QED) is 0.806. The maximum absolute atomic E-state index is 12.8. The van der Waals surface area contributed by atoms with Gasteiger partial charge in [-0.2, -0.15) is 0 Å². The molecule has 0 bridgehead atoms. The number of hydrogen-bond donors (Lipinski definition) is 2. The van der Waals surface area contributed by atoms with Crippen LogP contribution in [0.4, 0.5) is 4.39 Å². The topological polar surface area (TPSA) is 42.8 Å². The molecule has 5 heteroatoms. The highest BCUT2D eigenvalue weighted by atomic mass is 19.1. The van der Waals surface area contributed by atoms with Crippen molar-refractivity contribution in [1.29, 1.82) is 0 Å². The molecule has 1 amide bonds. The summed E-state index contributed by atoms with van der Waals surface area (Å²) >= 11 is 0. The second-order valence-electron chi connectivity index (χ2n) is 5.68. The first kappa shape index (κ1) is 17.0. The molecule has 2 aromatic rings. The predicted octanol–water partition coefficient (Wildman–Crippen LogP) is 1.21. The highest BCUT2D eigenvalue weighted by molar-refractivity contribution is 5.78. The number of amides is 1. The Morgan fingerprint density at radius 2 is 1.78 bits per heavy atom. The number of benzene rings is 2. The minimum absolute atomic E-state index is 0.0782. The third-order valence-corrected chi connectivity index (χ3v) is 3.33. The van der Waals surface area contributed by atoms with Crippen LogP contribution in [0, 0.1) is 5.82 Å². The lowest BCUT2D eigenvalue weighted by Gasteiger charge is -2.21. The second kappa shape index (κ2) is 8.29. The first-order valence-electron chi connectivity index (χ1n) is 7.56. The highest BCUT2D eigenvalue weighted by Gasteiger charge is 2.17. The molecular weight excluding hydrogens is 295 g/mol. The van der Waals surface area contributed by atoms with E-state index in [1.807, 2.05) is 44.4 Å². The standard InChI is InChI=1S/C18H21FN2O2/c1-21(2)12-17(14-6-4-3-5-7-14)20-18(22)13-23-16-10-8-15(19)9-11-16/h3-11,17H,12-13H2,1-2H3,(H,20,22)/p+1/t17-/m0/s1. The third kappa shape index (κ3) is 5.71. The molecule has 122 valence electrons. The van der Waals surface area contributed by atoms with Gasteiger partial charge in [0.05, 0.1) is 14.1 Å². The largest absolute Gasteiger partial charge is 0.484 e. The average molecular weight is 317 g/mol. The van der Waals surface area contributed by atoms with Crippen molar-refractivity contribution in [3.8, 4) is 5.75 Å². The number of carbonyl (C=O) groups is 1. The fraction of sp³-hybridized carbons (Fsp3) is 0.278. The Kier molecular flexibility index (Phi) is 6.11. The summed E-state index contributed by atoms with van der Waals surface area (Å²) < 4.78 is 18.2.